The van der Waals surface area contributed by atoms with Gasteiger partial charge in [-0.3, -0.25) is 10.1 Å². The maximum atomic E-state index is 12.2. The SMILES string of the molecule is Cc1ccc(S(=O)(=O)N2CC(C)(O)C2)cc1[N+](=O)[O-]. The Morgan fingerprint density at radius 3 is 2.47 bits per heavy atom. The van der Waals surface area contributed by atoms with Gasteiger partial charge in [0.05, 0.1) is 15.4 Å². The normalized spacial score (nSPS) is 18.9. The van der Waals surface area contributed by atoms with Gasteiger partial charge in [0.15, 0.2) is 0 Å². The fraction of sp³-hybridized carbons (Fsp3) is 0.455. The van der Waals surface area contributed by atoms with Crippen LogP contribution in [0, 0.1) is 17.0 Å². The average Bonchev–Trinajstić information content (AvgIpc) is 2.25. The zero-order valence-corrected chi connectivity index (χ0v) is 11.3. The molecule has 0 radical (unpaired) electrons. The number of nitro benzene ring substituents is 1. The van der Waals surface area contributed by atoms with Crippen LogP contribution in [0.25, 0.3) is 0 Å². The van der Waals surface area contributed by atoms with Crippen LogP contribution in [0.5, 0.6) is 0 Å². The molecule has 19 heavy (non-hydrogen) atoms. The Hall–Kier alpha value is -1.51. The Morgan fingerprint density at radius 1 is 1.42 bits per heavy atom. The molecule has 0 amide bonds. The molecule has 7 nitrogen and oxygen atoms in total. The fourth-order valence-electron chi connectivity index (χ4n) is 1.98. The van der Waals surface area contributed by atoms with Crippen LogP contribution in [0.2, 0.25) is 0 Å². The molecule has 1 fully saturated rings. The zero-order valence-electron chi connectivity index (χ0n) is 10.5. The first-order valence-electron chi connectivity index (χ1n) is 5.61. The Balaban J connectivity index is 2.37. The van der Waals surface area contributed by atoms with Gasteiger partial charge in [-0.25, -0.2) is 8.42 Å². The summed E-state index contributed by atoms with van der Waals surface area (Å²) in [6.07, 6.45) is 0. The second-order valence-electron chi connectivity index (χ2n) is 4.98. The third kappa shape index (κ3) is 2.46. The molecule has 1 aliphatic rings. The lowest BCUT2D eigenvalue weighted by molar-refractivity contribution is -0.385. The molecule has 1 N–H and O–H groups in total. The molecule has 2 rings (SSSR count). The summed E-state index contributed by atoms with van der Waals surface area (Å²) in [6.45, 7) is 3.08. The standard InChI is InChI=1S/C11H14N2O5S/c1-8-3-4-9(5-10(8)13(15)16)19(17,18)12-6-11(2,14)7-12/h3-5,14H,6-7H2,1-2H3. The van der Waals surface area contributed by atoms with Crippen LogP contribution in [0.4, 0.5) is 5.69 Å². The number of nitrogens with zero attached hydrogens (tertiary/aromatic N) is 2. The zero-order chi connectivity index (χ0) is 14.4. The summed E-state index contributed by atoms with van der Waals surface area (Å²) in [7, 11) is -3.78. The average molecular weight is 286 g/mol. The van der Waals surface area contributed by atoms with E-state index in [9.17, 15) is 23.6 Å². The topological polar surface area (TPSA) is 101 Å². The number of hydrogen-bond acceptors (Lipinski definition) is 5. The van der Waals surface area contributed by atoms with Crippen LogP contribution < -0.4 is 0 Å². The van der Waals surface area contributed by atoms with Crippen molar-refractivity contribution in [1.29, 1.82) is 0 Å². The van der Waals surface area contributed by atoms with Gasteiger partial charge in [0, 0.05) is 24.7 Å². The number of rotatable bonds is 3. The van der Waals surface area contributed by atoms with Crippen LogP contribution in [0.1, 0.15) is 12.5 Å². The van der Waals surface area contributed by atoms with Gasteiger partial charge in [0.25, 0.3) is 5.69 Å². The van der Waals surface area contributed by atoms with Crippen LogP contribution in [-0.4, -0.2) is 41.4 Å². The number of nitro groups is 1. The molecule has 0 bridgehead atoms. The minimum Gasteiger partial charge on any atom is -0.387 e. The Labute approximate surface area is 110 Å². The van der Waals surface area contributed by atoms with Crippen molar-refractivity contribution in [2.24, 2.45) is 0 Å². The van der Waals surface area contributed by atoms with Crippen molar-refractivity contribution >= 4 is 15.7 Å². The highest BCUT2D eigenvalue weighted by Crippen LogP contribution is 2.30. The van der Waals surface area contributed by atoms with E-state index in [2.05, 4.69) is 0 Å². The van der Waals surface area contributed by atoms with E-state index >= 15 is 0 Å². The molecular weight excluding hydrogens is 272 g/mol. The summed E-state index contributed by atoms with van der Waals surface area (Å²) >= 11 is 0. The summed E-state index contributed by atoms with van der Waals surface area (Å²) in [4.78, 5) is 10.1. The Kier molecular flexibility index (Phi) is 3.12. The molecule has 0 spiro atoms. The maximum Gasteiger partial charge on any atom is 0.273 e. The number of β-amino-alcohol motifs (C(OH)–C–C–N with tert-alkyl or cyclic N) is 1. The van der Waals surface area contributed by atoms with Crippen LogP contribution in [-0.2, 0) is 10.0 Å². The Bertz CT molecular complexity index is 630. The maximum absolute atomic E-state index is 12.2. The predicted octanol–water partition coefficient (Wildman–Crippen LogP) is 0.659. The lowest BCUT2D eigenvalue weighted by Crippen LogP contribution is -2.61. The first kappa shape index (κ1) is 13.9. The van der Waals surface area contributed by atoms with Crippen LogP contribution in [0.15, 0.2) is 23.1 Å². The van der Waals surface area contributed by atoms with Crippen molar-refractivity contribution in [2.45, 2.75) is 24.3 Å². The molecule has 1 saturated heterocycles. The molecule has 0 aliphatic carbocycles. The summed E-state index contributed by atoms with van der Waals surface area (Å²) in [5.74, 6) is 0. The summed E-state index contributed by atoms with van der Waals surface area (Å²) in [6, 6.07) is 3.80. The van der Waals surface area contributed by atoms with Gasteiger partial charge >= 0.3 is 0 Å². The third-order valence-corrected chi connectivity index (χ3v) is 4.84. The Morgan fingerprint density at radius 2 is 2.00 bits per heavy atom. The van der Waals surface area contributed by atoms with E-state index in [1.807, 2.05) is 0 Å². The second-order valence-corrected chi connectivity index (χ2v) is 6.91. The van der Waals surface area contributed by atoms with Crippen molar-refractivity contribution in [3.8, 4) is 0 Å². The lowest BCUT2D eigenvalue weighted by Gasteiger charge is -2.42. The van der Waals surface area contributed by atoms with Gasteiger partial charge in [-0.05, 0) is 19.9 Å². The van der Waals surface area contributed by atoms with Crippen molar-refractivity contribution in [3.05, 3.63) is 33.9 Å². The number of sulfonamides is 1. The minimum absolute atomic E-state index is 0.00297. The third-order valence-electron chi connectivity index (χ3n) is 3.05. The monoisotopic (exact) mass is 286 g/mol. The first-order valence-corrected chi connectivity index (χ1v) is 7.05. The van der Waals surface area contributed by atoms with Crippen LogP contribution in [0.3, 0.4) is 0 Å². The van der Waals surface area contributed by atoms with Gasteiger partial charge in [0.2, 0.25) is 10.0 Å². The highest BCUT2D eigenvalue weighted by molar-refractivity contribution is 7.89. The fourth-order valence-corrected chi connectivity index (χ4v) is 3.67. The number of aryl methyl sites for hydroxylation is 1. The molecule has 0 saturated carbocycles. The molecule has 8 heteroatoms. The van der Waals surface area contributed by atoms with Crippen molar-refractivity contribution < 1.29 is 18.4 Å². The highest BCUT2D eigenvalue weighted by atomic mass is 32.2. The predicted molar refractivity (Wildman–Crippen MR) is 67.2 cm³/mol. The van der Waals surface area contributed by atoms with E-state index in [0.717, 1.165) is 10.4 Å². The molecule has 1 aromatic rings. The van der Waals surface area contributed by atoms with E-state index in [0.29, 0.717) is 5.56 Å². The molecule has 0 aromatic heterocycles. The number of aliphatic hydroxyl groups is 1. The van der Waals surface area contributed by atoms with E-state index in [1.54, 1.807) is 6.92 Å². The van der Waals surface area contributed by atoms with E-state index in [-0.39, 0.29) is 23.7 Å². The highest BCUT2D eigenvalue weighted by Gasteiger charge is 2.44. The van der Waals surface area contributed by atoms with Crippen molar-refractivity contribution in [1.82, 2.24) is 4.31 Å². The first-order chi connectivity index (χ1) is 8.63. The van der Waals surface area contributed by atoms with E-state index in [1.165, 1.54) is 19.1 Å². The van der Waals surface area contributed by atoms with Gasteiger partial charge in [0.1, 0.15) is 0 Å². The molecule has 0 atom stereocenters. The second kappa shape index (κ2) is 4.26. The number of benzene rings is 1. The van der Waals surface area contributed by atoms with Gasteiger partial charge in [-0.15, -0.1) is 0 Å². The number of hydrogen-bond donors (Lipinski definition) is 1. The van der Waals surface area contributed by atoms with E-state index < -0.39 is 20.5 Å². The summed E-state index contributed by atoms with van der Waals surface area (Å²) in [5.41, 5.74) is -0.850. The smallest absolute Gasteiger partial charge is 0.273 e. The summed E-state index contributed by atoms with van der Waals surface area (Å²) in [5, 5.41) is 20.4. The molecule has 1 aromatic carbocycles. The minimum atomic E-state index is -3.78. The van der Waals surface area contributed by atoms with Gasteiger partial charge < -0.3 is 5.11 Å². The van der Waals surface area contributed by atoms with Gasteiger partial charge in [-0.1, -0.05) is 6.07 Å². The largest absolute Gasteiger partial charge is 0.387 e. The van der Waals surface area contributed by atoms with Crippen molar-refractivity contribution in [2.75, 3.05) is 13.1 Å². The molecule has 1 heterocycles. The summed E-state index contributed by atoms with van der Waals surface area (Å²) < 4.78 is 25.5. The van der Waals surface area contributed by atoms with Crippen molar-refractivity contribution in [3.63, 3.8) is 0 Å². The lowest BCUT2D eigenvalue weighted by atomic mass is 10.0. The molecule has 104 valence electrons. The molecule has 0 unspecified atom stereocenters. The molecular formula is C11H14N2O5S. The molecule has 1 aliphatic heterocycles. The van der Waals surface area contributed by atoms with Crippen LogP contribution >= 0.6 is 0 Å². The van der Waals surface area contributed by atoms with E-state index in [4.69, 9.17) is 0 Å². The quantitative estimate of drug-likeness (QED) is 0.649. The van der Waals surface area contributed by atoms with Gasteiger partial charge in [-0.2, -0.15) is 4.31 Å².